The van der Waals surface area contributed by atoms with Gasteiger partial charge in [0, 0.05) is 23.7 Å². The highest BCUT2D eigenvalue weighted by Crippen LogP contribution is 2.28. The van der Waals surface area contributed by atoms with Crippen molar-refractivity contribution >= 4 is 11.6 Å². The van der Waals surface area contributed by atoms with Gasteiger partial charge in [0.1, 0.15) is 6.61 Å². The zero-order chi connectivity index (χ0) is 23.2. The fourth-order valence-corrected chi connectivity index (χ4v) is 3.56. The molecule has 6 nitrogen and oxygen atoms in total. The Kier molecular flexibility index (Phi) is 6.70. The summed E-state index contributed by atoms with van der Waals surface area (Å²) in [6.07, 6.45) is 2.61. The van der Waals surface area contributed by atoms with E-state index in [1.54, 1.807) is 29.6 Å². The molecule has 6 heteroatoms. The van der Waals surface area contributed by atoms with Gasteiger partial charge in [-0.05, 0) is 50.1 Å². The summed E-state index contributed by atoms with van der Waals surface area (Å²) in [5, 5.41) is 4.68. The molecule has 0 saturated carbocycles. The quantitative estimate of drug-likeness (QED) is 0.222. The van der Waals surface area contributed by atoms with Gasteiger partial charge in [-0.3, -0.25) is 4.79 Å². The third-order valence-corrected chi connectivity index (χ3v) is 5.20. The molecule has 33 heavy (non-hydrogen) atoms. The van der Waals surface area contributed by atoms with Crippen molar-refractivity contribution in [3.05, 3.63) is 77.5 Å². The lowest BCUT2D eigenvalue weighted by molar-refractivity contribution is -0.134. The van der Waals surface area contributed by atoms with Crippen molar-refractivity contribution in [2.45, 2.75) is 40.2 Å². The van der Waals surface area contributed by atoms with Gasteiger partial charge in [0.15, 0.2) is 23.0 Å². The van der Waals surface area contributed by atoms with E-state index in [1.807, 2.05) is 30.5 Å². The Hall–Kier alpha value is -4.11. The number of para-hydroxylation sites is 2. The smallest absolute Gasteiger partial charge is 0.312 e. The van der Waals surface area contributed by atoms with Crippen LogP contribution in [0.1, 0.15) is 36.5 Å². The highest BCUT2D eigenvalue weighted by atomic mass is 16.6. The van der Waals surface area contributed by atoms with Gasteiger partial charge in [-0.15, -0.1) is 16.9 Å². The van der Waals surface area contributed by atoms with Crippen molar-refractivity contribution in [2.24, 2.45) is 0 Å². The first kappa shape index (κ1) is 22.1. The number of aromatic nitrogens is 3. The molecule has 2 aromatic carbocycles. The first-order chi connectivity index (χ1) is 16.0. The van der Waals surface area contributed by atoms with Gasteiger partial charge in [-0.1, -0.05) is 36.4 Å². The number of rotatable bonds is 7. The van der Waals surface area contributed by atoms with E-state index in [0.29, 0.717) is 30.4 Å². The van der Waals surface area contributed by atoms with E-state index in [1.165, 1.54) is 0 Å². The number of benzene rings is 2. The summed E-state index contributed by atoms with van der Waals surface area (Å²) in [4.78, 5) is 16.7. The van der Waals surface area contributed by atoms with Crippen LogP contribution in [0.15, 0.2) is 60.8 Å². The molecular formula is C27H25N3O3. The van der Waals surface area contributed by atoms with E-state index in [-0.39, 0.29) is 12.4 Å². The van der Waals surface area contributed by atoms with Crippen LogP contribution >= 0.6 is 0 Å². The topological polar surface area (TPSA) is 65.7 Å². The van der Waals surface area contributed by atoms with Gasteiger partial charge in [-0.25, -0.2) is 9.50 Å². The Bertz CT molecular complexity index is 1340. The van der Waals surface area contributed by atoms with Crippen molar-refractivity contribution in [2.75, 3.05) is 0 Å². The Balaban J connectivity index is 1.49. The Morgan fingerprint density at radius 2 is 1.76 bits per heavy atom. The van der Waals surface area contributed by atoms with Gasteiger partial charge < -0.3 is 9.47 Å². The van der Waals surface area contributed by atoms with Gasteiger partial charge in [0.25, 0.3) is 0 Å². The first-order valence-corrected chi connectivity index (χ1v) is 10.8. The summed E-state index contributed by atoms with van der Waals surface area (Å²) < 4.78 is 13.2. The molecule has 0 aliphatic rings. The summed E-state index contributed by atoms with van der Waals surface area (Å²) >= 11 is 0. The molecule has 0 radical (unpaired) electrons. The van der Waals surface area contributed by atoms with Gasteiger partial charge >= 0.3 is 5.97 Å². The van der Waals surface area contributed by atoms with Crippen LogP contribution in [-0.4, -0.2) is 20.6 Å². The third-order valence-electron chi connectivity index (χ3n) is 5.20. The second kappa shape index (κ2) is 10.0. The standard InChI is InChI=1S/C27H25N3O3/c1-4-5-6-14-25(31)33-23-13-8-7-12-22(23)32-18-21-15-16-24-28-27(29-30(24)17-21)26-19(2)10-9-11-20(26)3/h7-13,15-17H,6,14,18H2,1-3H3. The number of ether oxygens (including phenoxy) is 2. The second-order valence-electron chi connectivity index (χ2n) is 7.68. The molecule has 0 unspecified atom stereocenters. The molecule has 0 fully saturated rings. The largest absolute Gasteiger partial charge is 0.485 e. The van der Waals surface area contributed by atoms with E-state index in [9.17, 15) is 4.79 Å². The molecular weight excluding hydrogens is 414 g/mol. The first-order valence-electron chi connectivity index (χ1n) is 10.8. The number of carbonyl (C=O) groups is 1. The molecule has 0 N–H and O–H groups in total. The maximum atomic E-state index is 12.1. The fraction of sp³-hybridized carbons (Fsp3) is 0.222. The van der Waals surface area contributed by atoms with E-state index in [2.05, 4.69) is 47.9 Å². The molecule has 4 aromatic rings. The molecule has 0 amide bonds. The van der Waals surface area contributed by atoms with E-state index < -0.39 is 0 Å². The van der Waals surface area contributed by atoms with Crippen LogP contribution in [-0.2, 0) is 11.4 Å². The van der Waals surface area contributed by atoms with Crippen LogP contribution in [0.25, 0.3) is 17.0 Å². The highest BCUT2D eigenvalue weighted by molar-refractivity contribution is 5.73. The summed E-state index contributed by atoms with van der Waals surface area (Å²) in [5.41, 5.74) is 5.02. The number of aryl methyl sites for hydroxylation is 2. The second-order valence-corrected chi connectivity index (χ2v) is 7.68. The Morgan fingerprint density at radius 1 is 1.00 bits per heavy atom. The van der Waals surface area contributed by atoms with Crippen LogP contribution in [0.5, 0.6) is 11.5 Å². The van der Waals surface area contributed by atoms with Crippen LogP contribution in [0, 0.1) is 25.7 Å². The molecule has 0 saturated heterocycles. The third kappa shape index (κ3) is 5.21. The number of carbonyl (C=O) groups excluding carboxylic acids is 1. The highest BCUT2D eigenvalue weighted by Gasteiger charge is 2.13. The predicted molar refractivity (Wildman–Crippen MR) is 127 cm³/mol. The molecule has 0 spiro atoms. The molecule has 4 rings (SSSR count). The van der Waals surface area contributed by atoms with Crippen molar-refractivity contribution in [3.63, 3.8) is 0 Å². The molecule has 2 aromatic heterocycles. The van der Waals surface area contributed by atoms with Gasteiger partial charge in [0.2, 0.25) is 0 Å². The van der Waals surface area contributed by atoms with Crippen LogP contribution in [0.4, 0.5) is 0 Å². The maximum Gasteiger partial charge on any atom is 0.312 e. The van der Waals surface area contributed by atoms with Crippen molar-refractivity contribution in [3.8, 4) is 34.7 Å². The number of pyridine rings is 1. The predicted octanol–water partition coefficient (Wildman–Crippen LogP) is 5.30. The molecule has 0 bridgehead atoms. The van der Waals surface area contributed by atoms with Crippen LogP contribution in [0.2, 0.25) is 0 Å². The molecule has 0 atom stereocenters. The number of hydrogen-bond acceptors (Lipinski definition) is 5. The lowest BCUT2D eigenvalue weighted by Gasteiger charge is -2.11. The number of fused-ring (bicyclic) bond motifs is 1. The number of esters is 1. The van der Waals surface area contributed by atoms with E-state index >= 15 is 0 Å². The summed E-state index contributed by atoms with van der Waals surface area (Å²) in [5.74, 6) is 6.90. The van der Waals surface area contributed by atoms with E-state index in [4.69, 9.17) is 9.47 Å². The number of nitrogens with zero attached hydrogens (tertiary/aromatic N) is 3. The van der Waals surface area contributed by atoms with Gasteiger partial charge in [0.05, 0.1) is 6.42 Å². The molecule has 0 aliphatic heterocycles. The van der Waals surface area contributed by atoms with Crippen molar-refractivity contribution in [1.29, 1.82) is 0 Å². The minimum Gasteiger partial charge on any atom is -0.485 e. The number of hydrogen-bond donors (Lipinski definition) is 0. The molecule has 0 aliphatic carbocycles. The van der Waals surface area contributed by atoms with Gasteiger partial charge in [-0.2, -0.15) is 0 Å². The summed E-state index contributed by atoms with van der Waals surface area (Å²) in [6, 6.07) is 17.2. The minimum absolute atomic E-state index is 0.237. The monoisotopic (exact) mass is 439 g/mol. The van der Waals surface area contributed by atoms with E-state index in [0.717, 1.165) is 27.9 Å². The average molecular weight is 440 g/mol. The molecule has 166 valence electrons. The normalized spacial score (nSPS) is 10.5. The zero-order valence-corrected chi connectivity index (χ0v) is 19.0. The summed E-state index contributed by atoms with van der Waals surface area (Å²) in [6.45, 7) is 6.17. The fourth-order valence-electron chi connectivity index (χ4n) is 3.56. The average Bonchev–Trinajstić information content (AvgIpc) is 3.21. The minimum atomic E-state index is -0.336. The summed E-state index contributed by atoms with van der Waals surface area (Å²) in [7, 11) is 0. The van der Waals surface area contributed by atoms with Crippen LogP contribution in [0.3, 0.4) is 0 Å². The Labute approximate surface area is 193 Å². The van der Waals surface area contributed by atoms with Crippen molar-refractivity contribution < 1.29 is 14.3 Å². The zero-order valence-electron chi connectivity index (χ0n) is 19.0. The molecule has 2 heterocycles. The Morgan fingerprint density at radius 3 is 2.52 bits per heavy atom. The lowest BCUT2D eigenvalue weighted by Crippen LogP contribution is -2.08. The maximum absolute atomic E-state index is 12.1. The lowest BCUT2D eigenvalue weighted by atomic mass is 10.0. The van der Waals surface area contributed by atoms with Crippen molar-refractivity contribution in [1.82, 2.24) is 14.6 Å². The SMILES string of the molecule is CC#CCCC(=O)Oc1ccccc1OCc1ccc2nc(-c3c(C)cccc3C)nn2c1. The van der Waals surface area contributed by atoms with Crippen LogP contribution < -0.4 is 9.47 Å².